The molecule has 1 saturated heterocycles. The summed E-state index contributed by atoms with van der Waals surface area (Å²) in [5, 5.41) is 4.79. The molecular formula is C16H18ClN3O2. The monoisotopic (exact) mass is 319 g/mol. The second kappa shape index (κ2) is 6.60. The number of halogens is 1. The number of ether oxygens (including phenoxy) is 1. The maximum absolute atomic E-state index is 12.4. The number of aromatic nitrogens is 1. The van der Waals surface area contributed by atoms with E-state index >= 15 is 0 Å². The third kappa shape index (κ3) is 3.06. The van der Waals surface area contributed by atoms with Gasteiger partial charge in [0.25, 0.3) is 0 Å². The number of methoxy groups -OCH3 is 1. The van der Waals surface area contributed by atoms with Gasteiger partial charge in [0.15, 0.2) is 0 Å². The van der Waals surface area contributed by atoms with E-state index in [1.54, 1.807) is 19.4 Å². The van der Waals surface area contributed by atoms with E-state index < -0.39 is 0 Å². The fraction of sp³-hybridized carbons (Fsp3) is 0.375. The average Bonchev–Trinajstić information content (AvgIpc) is 2.52. The van der Waals surface area contributed by atoms with Gasteiger partial charge in [-0.2, -0.15) is 0 Å². The number of hydrogen-bond donors (Lipinski definition) is 1. The number of carbonyl (C=O) groups excluding carboxylic acids is 1. The standard InChI is InChI=1S/C16H18ClN3O2/c1-22-10-15-16(21)20(7-6-19-15)9-11-2-3-12-13(17)4-5-18-14(12)8-11/h2-5,8,15,19H,6-7,9-10H2,1H3. The maximum atomic E-state index is 12.4. The summed E-state index contributed by atoms with van der Waals surface area (Å²) >= 11 is 6.15. The molecule has 2 heterocycles. The first-order valence-corrected chi connectivity index (χ1v) is 7.61. The van der Waals surface area contributed by atoms with Crippen molar-refractivity contribution in [2.75, 3.05) is 26.8 Å². The van der Waals surface area contributed by atoms with Crippen LogP contribution in [0.25, 0.3) is 10.9 Å². The van der Waals surface area contributed by atoms with Crippen molar-refractivity contribution < 1.29 is 9.53 Å². The largest absolute Gasteiger partial charge is 0.383 e. The number of nitrogens with zero attached hydrogens (tertiary/aromatic N) is 2. The summed E-state index contributed by atoms with van der Waals surface area (Å²) in [6.45, 7) is 2.44. The minimum Gasteiger partial charge on any atom is -0.383 e. The van der Waals surface area contributed by atoms with E-state index in [1.165, 1.54) is 0 Å². The summed E-state index contributed by atoms with van der Waals surface area (Å²) in [5.41, 5.74) is 1.90. The van der Waals surface area contributed by atoms with Crippen LogP contribution in [0.15, 0.2) is 30.5 Å². The second-order valence-electron chi connectivity index (χ2n) is 5.37. The highest BCUT2D eigenvalue weighted by Gasteiger charge is 2.28. The highest BCUT2D eigenvalue weighted by atomic mass is 35.5. The number of hydrogen-bond acceptors (Lipinski definition) is 4. The predicted molar refractivity (Wildman–Crippen MR) is 85.8 cm³/mol. The van der Waals surface area contributed by atoms with Gasteiger partial charge in [-0.3, -0.25) is 9.78 Å². The fourth-order valence-electron chi connectivity index (χ4n) is 2.72. The van der Waals surface area contributed by atoms with Crippen molar-refractivity contribution in [2.24, 2.45) is 0 Å². The van der Waals surface area contributed by atoms with Crippen molar-refractivity contribution in [2.45, 2.75) is 12.6 Å². The van der Waals surface area contributed by atoms with E-state index in [9.17, 15) is 4.79 Å². The molecule has 0 saturated carbocycles. The molecule has 1 aliphatic rings. The van der Waals surface area contributed by atoms with Gasteiger partial charge in [-0.1, -0.05) is 23.7 Å². The highest BCUT2D eigenvalue weighted by Crippen LogP contribution is 2.23. The second-order valence-corrected chi connectivity index (χ2v) is 5.77. The number of piperazine rings is 1. The molecule has 0 radical (unpaired) electrons. The molecule has 1 aromatic heterocycles. The van der Waals surface area contributed by atoms with E-state index in [0.717, 1.165) is 23.0 Å². The molecule has 0 spiro atoms. The van der Waals surface area contributed by atoms with Gasteiger partial charge >= 0.3 is 0 Å². The topological polar surface area (TPSA) is 54.5 Å². The molecule has 1 atom stereocenters. The Bertz CT molecular complexity index is 690. The Morgan fingerprint density at radius 2 is 2.32 bits per heavy atom. The predicted octanol–water partition coefficient (Wildman–Crippen LogP) is 1.83. The molecule has 0 bridgehead atoms. The molecule has 1 fully saturated rings. The van der Waals surface area contributed by atoms with Crippen LogP contribution in [-0.4, -0.2) is 48.6 Å². The van der Waals surface area contributed by atoms with Crippen LogP contribution >= 0.6 is 11.6 Å². The number of rotatable bonds is 4. The Labute approximate surface area is 134 Å². The molecule has 22 heavy (non-hydrogen) atoms. The molecule has 6 heteroatoms. The quantitative estimate of drug-likeness (QED) is 0.934. The van der Waals surface area contributed by atoms with Gasteiger partial charge in [0.1, 0.15) is 6.04 Å². The summed E-state index contributed by atoms with van der Waals surface area (Å²) in [7, 11) is 1.60. The number of benzene rings is 1. The van der Waals surface area contributed by atoms with Gasteiger partial charge in [0.05, 0.1) is 17.1 Å². The van der Waals surface area contributed by atoms with E-state index in [4.69, 9.17) is 16.3 Å². The molecule has 1 aliphatic heterocycles. The number of fused-ring (bicyclic) bond motifs is 1. The lowest BCUT2D eigenvalue weighted by Gasteiger charge is -2.33. The van der Waals surface area contributed by atoms with Crippen LogP contribution in [0.1, 0.15) is 5.56 Å². The average molecular weight is 320 g/mol. The minimum atomic E-state index is -0.258. The molecule has 0 aliphatic carbocycles. The number of carbonyl (C=O) groups is 1. The summed E-state index contributed by atoms with van der Waals surface area (Å²) in [6, 6.07) is 7.46. The van der Waals surface area contributed by atoms with Crippen molar-refractivity contribution in [3.05, 3.63) is 41.0 Å². The Hall–Kier alpha value is -1.69. The van der Waals surface area contributed by atoms with Gasteiger partial charge < -0.3 is 15.0 Å². The van der Waals surface area contributed by atoms with Gasteiger partial charge in [0.2, 0.25) is 5.91 Å². The third-order valence-electron chi connectivity index (χ3n) is 3.84. The van der Waals surface area contributed by atoms with Crippen molar-refractivity contribution in [1.29, 1.82) is 0 Å². The van der Waals surface area contributed by atoms with Gasteiger partial charge in [0, 0.05) is 38.3 Å². The van der Waals surface area contributed by atoms with E-state index in [1.807, 2.05) is 23.1 Å². The number of amides is 1. The molecule has 116 valence electrons. The zero-order valence-electron chi connectivity index (χ0n) is 12.4. The molecule has 5 nitrogen and oxygen atoms in total. The minimum absolute atomic E-state index is 0.0762. The number of nitrogens with one attached hydrogen (secondary N) is 1. The molecule has 1 unspecified atom stereocenters. The highest BCUT2D eigenvalue weighted by molar-refractivity contribution is 6.35. The SMILES string of the molecule is COCC1NCCN(Cc2ccc3c(Cl)ccnc3c2)C1=O. The lowest BCUT2D eigenvalue weighted by Crippen LogP contribution is -2.56. The van der Waals surface area contributed by atoms with Crippen LogP contribution in [0.3, 0.4) is 0 Å². The third-order valence-corrected chi connectivity index (χ3v) is 4.17. The first kappa shape index (κ1) is 15.2. The zero-order valence-corrected chi connectivity index (χ0v) is 13.1. The molecule has 2 aromatic rings. The van der Waals surface area contributed by atoms with Gasteiger partial charge in [-0.25, -0.2) is 0 Å². The molecular weight excluding hydrogens is 302 g/mol. The Morgan fingerprint density at radius 1 is 1.45 bits per heavy atom. The first-order valence-electron chi connectivity index (χ1n) is 7.23. The number of pyridine rings is 1. The zero-order chi connectivity index (χ0) is 15.5. The first-order chi connectivity index (χ1) is 10.7. The van der Waals surface area contributed by atoms with Crippen molar-refractivity contribution in [3.8, 4) is 0 Å². The van der Waals surface area contributed by atoms with E-state index in [0.29, 0.717) is 24.7 Å². The van der Waals surface area contributed by atoms with Gasteiger partial charge in [-0.05, 0) is 17.7 Å². The fourth-order valence-corrected chi connectivity index (χ4v) is 2.94. The van der Waals surface area contributed by atoms with Crippen LogP contribution in [0.4, 0.5) is 0 Å². The molecule has 1 N–H and O–H groups in total. The van der Waals surface area contributed by atoms with Crippen molar-refractivity contribution in [1.82, 2.24) is 15.2 Å². The van der Waals surface area contributed by atoms with E-state index in [2.05, 4.69) is 10.3 Å². The van der Waals surface area contributed by atoms with Crippen LogP contribution in [0, 0.1) is 0 Å². The van der Waals surface area contributed by atoms with Crippen LogP contribution < -0.4 is 5.32 Å². The van der Waals surface area contributed by atoms with E-state index in [-0.39, 0.29) is 11.9 Å². The maximum Gasteiger partial charge on any atom is 0.242 e. The Balaban J connectivity index is 1.79. The van der Waals surface area contributed by atoms with Crippen molar-refractivity contribution in [3.63, 3.8) is 0 Å². The van der Waals surface area contributed by atoms with Crippen LogP contribution in [0.5, 0.6) is 0 Å². The van der Waals surface area contributed by atoms with Crippen LogP contribution in [-0.2, 0) is 16.1 Å². The molecule has 1 aromatic carbocycles. The lowest BCUT2D eigenvalue weighted by molar-refractivity contribution is -0.137. The van der Waals surface area contributed by atoms with Gasteiger partial charge in [-0.15, -0.1) is 0 Å². The molecule has 3 rings (SSSR count). The smallest absolute Gasteiger partial charge is 0.242 e. The summed E-state index contributed by atoms with van der Waals surface area (Å²) in [6.07, 6.45) is 1.69. The summed E-state index contributed by atoms with van der Waals surface area (Å²) in [5.74, 6) is 0.0762. The lowest BCUT2D eigenvalue weighted by atomic mass is 10.1. The Morgan fingerprint density at radius 3 is 3.14 bits per heavy atom. The van der Waals surface area contributed by atoms with Crippen molar-refractivity contribution >= 4 is 28.4 Å². The normalized spacial score (nSPS) is 18.9. The summed E-state index contributed by atoms with van der Waals surface area (Å²) in [4.78, 5) is 18.6. The summed E-state index contributed by atoms with van der Waals surface area (Å²) < 4.78 is 5.09. The van der Waals surface area contributed by atoms with Crippen LogP contribution in [0.2, 0.25) is 5.02 Å². The Kier molecular flexibility index (Phi) is 4.57. The molecule has 1 amide bonds.